The van der Waals surface area contributed by atoms with Gasteiger partial charge in [-0.15, -0.1) is 4.91 Å². The predicted molar refractivity (Wildman–Crippen MR) is 123 cm³/mol. The molecule has 2 rings (SSSR count). The van der Waals surface area contributed by atoms with Crippen molar-refractivity contribution in [3.05, 3.63) is 52.3 Å². The summed E-state index contributed by atoms with van der Waals surface area (Å²) in [7, 11) is -4.14. The van der Waals surface area contributed by atoms with E-state index in [4.69, 9.17) is 5.11 Å². The normalized spacial score (nSPS) is 13.7. The van der Waals surface area contributed by atoms with Crippen LogP contribution in [0.5, 0.6) is 0 Å². The smallest absolute Gasteiger partial charge is 0.305 e. The third kappa shape index (κ3) is 7.10. The van der Waals surface area contributed by atoms with E-state index in [1.165, 1.54) is 36.4 Å². The van der Waals surface area contributed by atoms with Crippen LogP contribution in [0.25, 0.3) is 17.3 Å². The molecular formula is C21H25FN4O7S. The number of carbonyl (C=O) groups is 1. The quantitative estimate of drug-likeness (QED) is 0.312. The monoisotopic (exact) mass is 496 g/mol. The number of nitrogens with zero attached hydrogens (tertiary/aromatic N) is 4. The number of rotatable bonds is 11. The Kier molecular flexibility index (Phi) is 8.90. The molecule has 1 aromatic heterocycles. The largest absolute Gasteiger partial charge is 0.481 e. The zero-order chi connectivity index (χ0) is 25.6. The van der Waals surface area contributed by atoms with Gasteiger partial charge in [-0.05, 0) is 30.2 Å². The summed E-state index contributed by atoms with van der Waals surface area (Å²) in [5.41, 5.74) is 1.15. The highest BCUT2D eigenvalue weighted by atomic mass is 32.2. The van der Waals surface area contributed by atoms with Crippen molar-refractivity contribution in [3.63, 3.8) is 0 Å². The van der Waals surface area contributed by atoms with E-state index in [1.807, 2.05) is 0 Å². The summed E-state index contributed by atoms with van der Waals surface area (Å²) in [6.45, 7) is 3.51. The van der Waals surface area contributed by atoms with Crippen LogP contribution in [-0.2, 0) is 14.8 Å². The molecule has 13 heteroatoms. The average molecular weight is 497 g/mol. The Balaban J connectivity index is 2.66. The number of aliphatic hydroxyl groups is 2. The van der Waals surface area contributed by atoms with Crippen molar-refractivity contribution < 1.29 is 32.9 Å². The SMILES string of the molecule is CC(C)c1nc(N(N=O)S(C)(=O)=O)nc(-c2ccc(F)cc2)c1/C=C/[C@H](O)C[C@H](O)CC(=O)O. The number of benzene rings is 1. The van der Waals surface area contributed by atoms with E-state index >= 15 is 0 Å². The van der Waals surface area contributed by atoms with Crippen LogP contribution < -0.4 is 4.41 Å². The molecule has 0 amide bonds. The first-order valence-corrected chi connectivity index (χ1v) is 12.0. The molecular weight excluding hydrogens is 471 g/mol. The molecule has 0 aliphatic heterocycles. The number of aliphatic carboxylic acids is 1. The van der Waals surface area contributed by atoms with Crippen molar-refractivity contribution in [2.45, 2.75) is 44.8 Å². The van der Waals surface area contributed by atoms with Crippen molar-refractivity contribution >= 4 is 28.0 Å². The molecule has 2 aromatic rings. The number of halogens is 1. The lowest BCUT2D eigenvalue weighted by molar-refractivity contribution is -0.139. The number of hydrogen-bond acceptors (Lipinski definition) is 9. The molecule has 0 bridgehead atoms. The summed E-state index contributed by atoms with van der Waals surface area (Å²) in [6, 6.07) is 5.14. The number of hydrogen-bond donors (Lipinski definition) is 3. The van der Waals surface area contributed by atoms with Crippen LogP contribution in [0.4, 0.5) is 10.3 Å². The van der Waals surface area contributed by atoms with E-state index < -0.39 is 46.4 Å². The molecule has 0 saturated heterocycles. The molecule has 0 fully saturated rings. The minimum Gasteiger partial charge on any atom is -0.481 e. The Morgan fingerprint density at radius 1 is 1.21 bits per heavy atom. The molecule has 0 aliphatic rings. The second-order valence-corrected chi connectivity index (χ2v) is 9.65. The standard InChI is InChI=1S/C21H25FN4O7S/c1-12(2)19-17(9-8-15(27)10-16(28)11-18(29)30)20(13-4-6-14(22)7-5-13)24-21(23-19)26(25-31)34(3,32)33/h4-9,12,15-16,27-28H,10-11H2,1-3H3,(H,29,30)/b9-8+/t15-,16-/m0/s1. The van der Waals surface area contributed by atoms with Gasteiger partial charge in [0.05, 0.1) is 41.6 Å². The van der Waals surface area contributed by atoms with Crippen molar-refractivity contribution in [2.75, 3.05) is 10.7 Å². The van der Waals surface area contributed by atoms with Gasteiger partial charge in [0.15, 0.2) is 0 Å². The van der Waals surface area contributed by atoms with Gasteiger partial charge < -0.3 is 15.3 Å². The molecule has 184 valence electrons. The summed E-state index contributed by atoms with van der Waals surface area (Å²) >= 11 is 0. The number of aromatic nitrogens is 2. The molecule has 0 unspecified atom stereocenters. The summed E-state index contributed by atoms with van der Waals surface area (Å²) < 4.78 is 37.7. The second kappa shape index (κ2) is 11.2. The first-order valence-electron chi connectivity index (χ1n) is 10.1. The molecule has 34 heavy (non-hydrogen) atoms. The zero-order valence-electron chi connectivity index (χ0n) is 18.7. The van der Waals surface area contributed by atoms with Crippen molar-refractivity contribution in [2.24, 2.45) is 5.29 Å². The second-order valence-electron chi connectivity index (χ2n) is 7.83. The molecule has 0 aliphatic carbocycles. The molecule has 1 aromatic carbocycles. The highest BCUT2D eigenvalue weighted by Crippen LogP contribution is 2.32. The molecule has 11 nitrogen and oxygen atoms in total. The predicted octanol–water partition coefficient (Wildman–Crippen LogP) is 2.45. The van der Waals surface area contributed by atoms with E-state index in [1.54, 1.807) is 13.8 Å². The Morgan fingerprint density at radius 3 is 2.32 bits per heavy atom. The lowest BCUT2D eigenvalue weighted by Crippen LogP contribution is -2.26. The maximum atomic E-state index is 13.5. The Bertz CT molecular complexity index is 1170. The van der Waals surface area contributed by atoms with Crippen molar-refractivity contribution in [1.82, 2.24) is 9.97 Å². The van der Waals surface area contributed by atoms with Crippen LogP contribution >= 0.6 is 0 Å². The minimum absolute atomic E-state index is 0.135. The van der Waals surface area contributed by atoms with Crippen LogP contribution in [0.1, 0.15) is 43.9 Å². The van der Waals surface area contributed by atoms with Crippen molar-refractivity contribution in [3.8, 4) is 11.3 Å². The summed E-state index contributed by atoms with van der Waals surface area (Å²) in [4.78, 5) is 30.4. The van der Waals surface area contributed by atoms with Crippen LogP contribution in [-0.4, -0.2) is 58.1 Å². The lowest BCUT2D eigenvalue weighted by atomic mass is 9.97. The summed E-state index contributed by atoms with van der Waals surface area (Å²) in [5, 5.41) is 31.3. The maximum Gasteiger partial charge on any atom is 0.305 e. The van der Waals surface area contributed by atoms with Gasteiger partial charge in [0.25, 0.3) is 16.0 Å². The third-order valence-electron chi connectivity index (χ3n) is 4.60. The first kappa shape index (κ1) is 27.0. The third-order valence-corrected chi connectivity index (χ3v) is 5.45. The molecule has 0 spiro atoms. The average Bonchev–Trinajstić information content (AvgIpc) is 2.71. The number of aliphatic hydroxyl groups excluding tert-OH is 2. The van der Waals surface area contributed by atoms with Gasteiger partial charge in [-0.3, -0.25) is 4.79 Å². The fraction of sp³-hybridized carbons (Fsp3) is 0.381. The number of sulfonamides is 1. The van der Waals surface area contributed by atoms with E-state index in [0.717, 1.165) is 6.26 Å². The summed E-state index contributed by atoms with van der Waals surface area (Å²) in [6.07, 6.45) is 0.210. The summed E-state index contributed by atoms with van der Waals surface area (Å²) in [5.74, 6) is -2.56. The lowest BCUT2D eigenvalue weighted by Gasteiger charge is -2.18. The van der Waals surface area contributed by atoms with Crippen LogP contribution in [0.15, 0.2) is 35.6 Å². The molecule has 0 saturated carbocycles. The van der Waals surface area contributed by atoms with E-state index in [2.05, 4.69) is 15.3 Å². The topological polar surface area (TPSA) is 170 Å². The number of carboxylic acids is 1. The molecule has 0 radical (unpaired) electrons. The fourth-order valence-corrected chi connectivity index (χ4v) is 3.59. The number of nitroso groups, excluding NO2 is 1. The molecule has 3 N–H and O–H groups in total. The Morgan fingerprint density at radius 2 is 1.82 bits per heavy atom. The molecule has 2 atom stereocenters. The van der Waals surface area contributed by atoms with Gasteiger partial charge in [0, 0.05) is 17.5 Å². The van der Waals surface area contributed by atoms with Crippen LogP contribution in [0, 0.1) is 10.7 Å². The molecule has 1 heterocycles. The van der Waals surface area contributed by atoms with E-state index in [0.29, 0.717) is 16.8 Å². The number of carboxylic acid groups (broad SMARTS) is 1. The Labute approximate surface area is 195 Å². The number of anilines is 1. The van der Waals surface area contributed by atoms with Gasteiger partial charge in [0.1, 0.15) is 5.82 Å². The van der Waals surface area contributed by atoms with Crippen LogP contribution in [0.3, 0.4) is 0 Å². The van der Waals surface area contributed by atoms with Gasteiger partial charge in [-0.25, -0.2) is 22.8 Å². The maximum absolute atomic E-state index is 13.5. The fourth-order valence-electron chi connectivity index (χ4n) is 3.09. The highest BCUT2D eigenvalue weighted by Gasteiger charge is 2.26. The van der Waals surface area contributed by atoms with Gasteiger partial charge in [0.2, 0.25) is 0 Å². The van der Waals surface area contributed by atoms with Crippen molar-refractivity contribution in [1.29, 1.82) is 0 Å². The van der Waals surface area contributed by atoms with E-state index in [9.17, 15) is 32.7 Å². The van der Waals surface area contributed by atoms with Gasteiger partial charge in [-0.2, -0.15) is 0 Å². The first-order chi connectivity index (χ1) is 15.8. The van der Waals surface area contributed by atoms with E-state index in [-0.39, 0.29) is 22.4 Å². The van der Waals surface area contributed by atoms with Crippen LogP contribution in [0.2, 0.25) is 0 Å². The van der Waals surface area contributed by atoms with Gasteiger partial charge in [-0.1, -0.05) is 30.4 Å². The Hall–Kier alpha value is -3.29. The zero-order valence-corrected chi connectivity index (χ0v) is 19.5. The minimum atomic E-state index is -4.14. The highest BCUT2D eigenvalue weighted by molar-refractivity contribution is 7.92. The van der Waals surface area contributed by atoms with Gasteiger partial charge >= 0.3 is 5.97 Å².